The SMILES string of the molecule is CCNC(C)c1cc(Br)ccc1OC(CC)C(=O)O. The average molecular weight is 330 g/mol. The summed E-state index contributed by atoms with van der Waals surface area (Å²) in [6, 6.07) is 5.71. The largest absolute Gasteiger partial charge is 0.479 e. The van der Waals surface area contributed by atoms with Crippen LogP contribution in [0, 0.1) is 0 Å². The van der Waals surface area contributed by atoms with Gasteiger partial charge in [0.25, 0.3) is 0 Å². The first-order valence-electron chi connectivity index (χ1n) is 6.41. The summed E-state index contributed by atoms with van der Waals surface area (Å²) in [4.78, 5) is 11.1. The number of nitrogens with one attached hydrogen (secondary N) is 1. The lowest BCUT2D eigenvalue weighted by atomic mass is 10.1. The molecule has 0 saturated carbocycles. The highest BCUT2D eigenvalue weighted by Gasteiger charge is 2.20. The minimum atomic E-state index is -0.938. The summed E-state index contributed by atoms with van der Waals surface area (Å²) in [5, 5.41) is 12.4. The van der Waals surface area contributed by atoms with Crippen molar-refractivity contribution in [3.63, 3.8) is 0 Å². The number of halogens is 1. The van der Waals surface area contributed by atoms with Crippen molar-refractivity contribution in [2.24, 2.45) is 0 Å². The van der Waals surface area contributed by atoms with Gasteiger partial charge in [0.15, 0.2) is 6.10 Å². The lowest BCUT2D eigenvalue weighted by Gasteiger charge is -2.20. The van der Waals surface area contributed by atoms with Crippen LogP contribution in [0.1, 0.15) is 38.8 Å². The van der Waals surface area contributed by atoms with Gasteiger partial charge >= 0.3 is 5.97 Å². The van der Waals surface area contributed by atoms with Crippen LogP contribution < -0.4 is 10.1 Å². The molecule has 0 amide bonds. The number of benzene rings is 1. The van der Waals surface area contributed by atoms with Crippen LogP contribution in [0.4, 0.5) is 0 Å². The topological polar surface area (TPSA) is 58.6 Å². The van der Waals surface area contributed by atoms with Crippen LogP contribution in [0.5, 0.6) is 5.75 Å². The highest BCUT2D eigenvalue weighted by atomic mass is 79.9. The van der Waals surface area contributed by atoms with E-state index < -0.39 is 12.1 Å². The maximum atomic E-state index is 11.1. The van der Waals surface area contributed by atoms with Crippen molar-refractivity contribution in [3.8, 4) is 5.75 Å². The monoisotopic (exact) mass is 329 g/mol. The number of hydrogen-bond donors (Lipinski definition) is 2. The maximum Gasteiger partial charge on any atom is 0.344 e. The van der Waals surface area contributed by atoms with E-state index >= 15 is 0 Å². The van der Waals surface area contributed by atoms with Gasteiger partial charge in [0.05, 0.1) is 0 Å². The van der Waals surface area contributed by atoms with E-state index in [9.17, 15) is 4.79 Å². The molecule has 0 aliphatic carbocycles. The van der Waals surface area contributed by atoms with Crippen LogP contribution in [-0.4, -0.2) is 23.7 Å². The van der Waals surface area contributed by atoms with Gasteiger partial charge in [-0.15, -0.1) is 0 Å². The lowest BCUT2D eigenvalue weighted by Crippen LogP contribution is -2.27. The second-order valence-corrected chi connectivity index (χ2v) is 5.23. The fourth-order valence-corrected chi connectivity index (χ4v) is 2.22. The lowest BCUT2D eigenvalue weighted by molar-refractivity contribution is -0.145. The Morgan fingerprint density at radius 3 is 2.68 bits per heavy atom. The standard InChI is InChI=1S/C14H20BrNO3/c1-4-12(14(17)18)19-13-7-6-10(15)8-11(13)9(3)16-5-2/h6-9,12,16H,4-5H2,1-3H3,(H,17,18). The number of carbonyl (C=O) groups is 1. The molecule has 0 heterocycles. The van der Waals surface area contributed by atoms with E-state index in [1.165, 1.54) is 0 Å². The molecule has 5 heteroatoms. The second-order valence-electron chi connectivity index (χ2n) is 4.31. The maximum absolute atomic E-state index is 11.1. The summed E-state index contributed by atoms with van der Waals surface area (Å²) in [5.74, 6) is -0.321. The zero-order valence-corrected chi connectivity index (χ0v) is 13.0. The molecule has 1 aromatic rings. The van der Waals surface area contributed by atoms with Gasteiger partial charge in [0.2, 0.25) is 0 Å². The van der Waals surface area contributed by atoms with Crippen molar-refractivity contribution in [2.75, 3.05) is 6.54 Å². The summed E-state index contributed by atoms with van der Waals surface area (Å²) in [7, 11) is 0. The molecule has 0 aliphatic heterocycles. The van der Waals surface area contributed by atoms with Gasteiger partial charge < -0.3 is 15.2 Å². The smallest absolute Gasteiger partial charge is 0.344 e. The molecule has 0 bridgehead atoms. The molecule has 2 atom stereocenters. The zero-order valence-electron chi connectivity index (χ0n) is 11.4. The minimum Gasteiger partial charge on any atom is -0.479 e. The zero-order chi connectivity index (χ0) is 14.4. The molecule has 0 aromatic heterocycles. The minimum absolute atomic E-state index is 0.101. The molecule has 2 unspecified atom stereocenters. The molecule has 0 fully saturated rings. The van der Waals surface area contributed by atoms with E-state index in [1.807, 2.05) is 26.0 Å². The Labute approximate surface area is 122 Å². The number of hydrogen-bond acceptors (Lipinski definition) is 3. The third-order valence-electron chi connectivity index (χ3n) is 2.86. The molecule has 0 spiro atoms. The van der Waals surface area contributed by atoms with Crippen molar-refractivity contribution in [3.05, 3.63) is 28.2 Å². The first-order chi connectivity index (χ1) is 8.99. The van der Waals surface area contributed by atoms with Crippen LogP contribution in [0.25, 0.3) is 0 Å². The summed E-state index contributed by atoms with van der Waals surface area (Å²) >= 11 is 3.43. The van der Waals surface area contributed by atoms with Crippen molar-refractivity contribution in [1.82, 2.24) is 5.32 Å². The van der Waals surface area contributed by atoms with E-state index in [1.54, 1.807) is 13.0 Å². The van der Waals surface area contributed by atoms with E-state index in [0.29, 0.717) is 12.2 Å². The molecule has 1 aromatic carbocycles. The second kappa shape index (κ2) is 7.50. The molecule has 19 heavy (non-hydrogen) atoms. The number of carboxylic acid groups (broad SMARTS) is 1. The van der Waals surface area contributed by atoms with Crippen molar-refractivity contribution < 1.29 is 14.6 Å². The predicted octanol–water partition coefficient (Wildman–Crippen LogP) is 3.36. The Hall–Kier alpha value is -1.07. The van der Waals surface area contributed by atoms with E-state index in [-0.39, 0.29) is 6.04 Å². The highest BCUT2D eigenvalue weighted by molar-refractivity contribution is 9.10. The summed E-state index contributed by atoms with van der Waals surface area (Å²) in [5.41, 5.74) is 0.955. The van der Waals surface area contributed by atoms with Crippen LogP contribution in [0.3, 0.4) is 0 Å². The van der Waals surface area contributed by atoms with Crippen LogP contribution in [0.2, 0.25) is 0 Å². The van der Waals surface area contributed by atoms with Crippen molar-refractivity contribution in [1.29, 1.82) is 0 Å². The highest BCUT2D eigenvalue weighted by Crippen LogP contribution is 2.29. The molecule has 106 valence electrons. The Morgan fingerprint density at radius 2 is 2.16 bits per heavy atom. The molecule has 2 N–H and O–H groups in total. The van der Waals surface area contributed by atoms with Gasteiger partial charge in [0, 0.05) is 16.1 Å². The Balaban J connectivity index is 3.02. The first kappa shape index (κ1) is 16.0. The number of rotatable bonds is 7. The van der Waals surface area contributed by atoms with Gasteiger partial charge in [-0.2, -0.15) is 0 Å². The predicted molar refractivity (Wildman–Crippen MR) is 78.6 cm³/mol. The van der Waals surface area contributed by atoms with Gasteiger partial charge in [0.1, 0.15) is 5.75 Å². The number of carboxylic acids is 1. The first-order valence-corrected chi connectivity index (χ1v) is 7.21. The van der Waals surface area contributed by atoms with Crippen LogP contribution in [-0.2, 0) is 4.79 Å². The van der Waals surface area contributed by atoms with Crippen molar-refractivity contribution >= 4 is 21.9 Å². The fraction of sp³-hybridized carbons (Fsp3) is 0.500. The number of aliphatic carboxylic acids is 1. The molecule has 0 aliphatic rings. The molecule has 0 radical (unpaired) electrons. The van der Waals surface area contributed by atoms with E-state index in [0.717, 1.165) is 16.6 Å². The van der Waals surface area contributed by atoms with E-state index in [4.69, 9.17) is 9.84 Å². The third-order valence-corrected chi connectivity index (χ3v) is 3.36. The Morgan fingerprint density at radius 1 is 1.47 bits per heavy atom. The molecular formula is C14H20BrNO3. The van der Waals surface area contributed by atoms with Crippen LogP contribution in [0.15, 0.2) is 22.7 Å². The third kappa shape index (κ3) is 4.51. The van der Waals surface area contributed by atoms with Crippen molar-refractivity contribution in [2.45, 2.75) is 39.3 Å². The van der Waals surface area contributed by atoms with Gasteiger partial charge in [-0.3, -0.25) is 0 Å². The molecular weight excluding hydrogens is 310 g/mol. The normalized spacial score (nSPS) is 13.9. The summed E-state index contributed by atoms with van der Waals surface area (Å²) < 4.78 is 6.57. The molecule has 1 rings (SSSR count). The molecule has 4 nitrogen and oxygen atoms in total. The molecule has 0 saturated heterocycles. The van der Waals surface area contributed by atoms with Gasteiger partial charge in [-0.25, -0.2) is 4.79 Å². The summed E-state index contributed by atoms with van der Waals surface area (Å²) in [6.45, 7) is 6.69. The quantitative estimate of drug-likeness (QED) is 0.805. The summed E-state index contributed by atoms with van der Waals surface area (Å²) in [6.07, 6.45) is -0.380. The number of ether oxygens (including phenoxy) is 1. The van der Waals surface area contributed by atoms with Gasteiger partial charge in [-0.1, -0.05) is 29.8 Å². The average Bonchev–Trinajstić information content (AvgIpc) is 2.37. The van der Waals surface area contributed by atoms with E-state index in [2.05, 4.69) is 21.2 Å². The van der Waals surface area contributed by atoms with Gasteiger partial charge in [-0.05, 0) is 38.1 Å². The Kier molecular flexibility index (Phi) is 6.31. The van der Waals surface area contributed by atoms with Crippen LogP contribution >= 0.6 is 15.9 Å². The Bertz CT molecular complexity index is 437. The fourth-order valence-electron chi connectivity index (χ4n) is 1.84.